The van der Waals surface area contributed by atoms with Gasteiger partial charge in [0.05, 0.1) is 43.4 Å². The van der Waals surface area contributed by atoms with Gasteiger partial charge in [0, 0.05) is 17.7 Å². The monoisotopic (exact) mass is 906 g/mol. The highest BCUT2D eigenvalue weighted by molar-refractivity contribution is 6.24. The van der Waals surface area contributed by atoms with Crippen LogP contribution in [0.25, 0.3) is 0 Å². The van der Waals surface area contributed by atoms with Gasteiger partial charge in [-0.05, 0) is 89.3 Å². The Labute approximate surface area is 395 Å². The van der Waals surface area contributed by atoms with E-state index >= 15 is 19.2 Å². The second-order valence-electron chi connectivity index (χ2n) is 16.9. The first-order valence-electron chi connectivity index (χ1n) is 22.5. The molecule has 0 aromatic heterocycles. The third kappa shape index (κ3) is 8.16. The van der Waals surface area contributed by atoms with Gasteiger partial charge >= 0.3 is 12.0 Å². The van der Waals surface area contributed by atoms with E-state index in [0.717, 1.165) is 16.0 Å². The molecule has 0 unspecified atom stereocenters. The number of hydrogen-bond donors (Lipinski definition) is 3. The van der Waals surface area contributed by atoms with Crippen molar-refractivity contribution >= 4 is 29.5 Å². The number of nitrogens with one attached hydrogen (secondary N) is 2. The van der Waals surface area contributed by atoms with Crippen LogP contribution in [0.15, 0.2) is 170 Å². The topological polar surface area (TPSA) is 147 Å². The minimum Gasteiger partial charge on any atom is -0.497 e. The summed E-state index contributed by atoms with van der Waals surface area (Å²) >= 11 is 0. The molecule has 6 aromatic rings. The number of anilines is 1. The van der Waals surface area contributed by atoms with Crippen LogP contribution in [0.4, 0.5) is 10.5 Å². The molecule has 6 aromatic carbocycles. The summed E-state index contributed by atoms with van der Waals surface area (Å²) in [5, 5.41) is 15.8. The summed E-state index contributed by atoms with van der Waals surface area (Å²) in [5.74, 6) is 3.98. The Morgan fingerprint density at radius 2 is 1.44 bits per heavy atom. The molecule has 7 atom stereocenters. The number of hydrogen-bond acceptors (Lipinski definition) is 9. The molecular formula is C56H50N4O8. The van der Waals surface area contributed by atoms with Crippen LogP contribution in [0.2, 0.25) is 0 Å². The fraction of sp³-hybridized carbons (Fsp3) is 0.214. The zero-order valence-electron chi connectivity index (χ0n) is 37.6. The molecule has 0 saturated carbocycles. The molecule has 2 saturated heterocycles. The van der Waals surface area contributed by atoms with Gasteiger partial charge in [-0.3, -0.25) is 19.3 Å². The van der Waals surface area contributed by atoms with E-state index in [1.54, 1.807) is 43.5 Å². The van der Waals surface area contributed by atoms with Crippen LogP contribution in [-0.4, -0.2) is 66.7 Å². The number of amides is 4. The van der Waals surface area contributed by atoms with Gasteiger partial charge in [-0.1, -0.05) is 121 Å². The number of fused-ring (bicyclic) bond motifs is 3. The van der Waals surface area contributed by atoms with E-state index in [-0.39, 0.29) is 25.4 Å². The summed E-state index contributed by atoms with van der Waals surface area (Å²) in [6, 6.07) is 43.3. The number of urea groups is 1. The lowest BCUT2D eigenvalue weighted by Gasteiger charge is -2.46. The summed E-state index contributed by atoms with van der Waals surface area (Å²) in [7, 11) is 1.59. The first-order chi connectivity index (χ1) is 33.2. The predicted molar refractivity (Wildman–Crippen MR) is 257 cm³/mol. The summed E-state index contributed by atoms with van der Waals surface area (Å²) in [5.41, 5.74) is 2.51. The molecule has 3 heterocycles. The molecule has 0 aliphatic carbocycles. The van der Waals surface area contributed by atoms with Crippen LogP contribution in [0.5, 0.6) is 11.5 Å². The van der Waals surface area contributed by atoms with Crippen molar-refractivity contribution in [3.05, 3.63) is 209 Å². The molecule has 9 rings (SSSR count). The number of aliphatic hydroxyl groups excluding tert-OH is 1. The first kappa shape index (κ1) is 45.2. The third-order valence-corrected chi connectivity index (χ3v) is 13.0. The molecule has 4 amide bonds. The number of imide groups is 1. The van der Waals surface area contributed by atoms with Gasteiger partial charge in [0.2, 0.25) is 11.8 Å². The molecule has 3 aliphatic heterocycles. The number of cyclic esters (lactones) is 1. The Bertz CT molecular complexity index is 2900. The number of rotatable bonds is 12. The van der Waals surface area contributed by atoms with Crippen LogP contribution < -0.4 is 25.0 Å². The largest absolute Gasteiger partial charge is 0.497 e. The van der Waals surface area contributed by atoms with E-state index < -0.39 is 65.4 Å². The summed E-state index contributed by atoms with van der Waals surface area (Å²) in [4.78, 5) is 65.4. The fourth-order valence-electron chi connectivity index (χ4n) is 10.1. The van der Waals surface area contributed by atoms with E-state index in [9.17, 15) is 5.11 Å². The van der Waals surface area contributed by atoms with Crippen LogP contribution in [0, 0.1) is 17.8 Å². The van der Waals surface area contributed by atoms with Gasteiger partial charge in [-0.2, -0.15) is 0 Å². The maximum absolute atomic E-state index is 16.5. The molecule has 0 radical (unpaired) electrons. The van der Waals surface area contributed by atoms with Crippen molar-refractivity contribution in [2.75, 3.05) is 31.8 Å². The molecule has 12 heteroatoms. The SMILES string of the molecule is C=CCNC(=O)[C@H]1[C@@H]2C(=O)O[C@@H](c3ccccc3)[C@@H](c3ccccc3)N2[C@@H](c2cccc(OCCO)c2)[C@]12C(=O)N(C(=O)N[C@H](C)c1ccccc1)c1ccc(C#Cc3ccc(OC)cc3)cc12. The van der Waals surface area contributed by atoms with Crippen molar-refractivity contribution in [1.82, 2.24) is 15.5 Å². The number of aliphatic hydroxyl groups is 1. The molecule has 3 N–H and O–H groups in total. The van der Waals surface area contributed by atoms with Gasteiger partial charge in [0.25, 0.3) is 0 Å². The van der Waals surface area contributed by atoms with Crippen LogP contribution in [0.1, 0.15) is 70.1 Å². The van der Waals surface area contributed by atoms with E-state index in [0.29, 0.717) is 39.3 Å². The maximum atomic E-state index is 16.5. The van der Waals surface area contributed by atoms with Crippen molar-refractivity contribution in [2.45, 2.75) is 42.6 Å². The number of benzene rings is 6. The van der Waals surface area contributed by atoms with Crippen molar-refractivity contribution in [3.63, 3.8) is 0 Å². The first-order valence-corrected chi connectivity index (χ1v) is 22.5. The molecule has 1 spiro atoms. The van der Waals surface area contributed by atoms with E-state index in [4.69, 9.17) is 14.2 Å². The smallest absolute Gasteiger partial charge is 0.329 e. The lowest BCUT2D eigenvalue weighted by Crippen LogP contribution is -2.56. The fourth-order valence-corrected chi connectivity index (χ4v) is 10.1. The normalized spacial score (nSPS) is 21.9. The molecule has 0 bridgehead atoms. The van der Waals surface area contributed by atoms with Crippen LogP contribution in [0.3, 0.4) is 0 Å². The molecular weight excluding hydrogens is 857 g/mol. The standard InChI is InChI=1S/C56H50N4O8/c1-4-31-57-52(62)47-49-53(63)68-50(41-19-12-7-13-20-41)48(40-17-10-6-11-18-40)60(49)51(42-21-14-22-44(35-42)67-33-32-61)56(47)45-34-38(24-23-37-25-28-43(66-3)29-26-37)27-30-46(45)59(54(56)64)55(65)58-36(2)39-15-8-5-9-16-39/h4-22,25-30,34-36,47-51,61H,1,31-33H2,2-3H3,(H,57,62)(H,58,65)/t36-,47-,48-,49-,50+,51+,56-/m1/s1. The number of nitrogens with zero attached hydrogens (tertiary/aromatic N) is 2. The summed E-state index contributed by atoms with van der Waals surface area (Å²) < 4.78 is 17.9. The molecule has 3 aliphatic rings. The highest BCUT2D eigenvalue weighted by Gasteiger charge is 2.75. The highest BCUT2D eigenvalue weighted by atomic mass is 16.6. The summed E-state index contributed by atoms with van der Waals surface area (Å²) in [6.07, 6.45) is 0.616. The van der Waals surface area contributed by atoms with Gasteiger partial charge < -0.3 is 30.0 Å². The Kier molecular flexibility index (Phi) is 12.9. The van der Waals surface area contributed by atoms with Crippen molar-refractivity contribution in [1.29, 1.82) is 0 Å². The molecule has 342 valence electrons. The molecule has 2 fully saturated rings. The predicted octanol–water partition coefficient (Wildman–Crippen LogP) is 7.90. The zero-order chi connectivity index (χ0) is 47.4. The van der Waals surface area contributed by atoms with Gasteiger partial charge in [0.15, 0.2) is 0 Å². The third-order valence-electron chi connectivity index (χ3n) is 13.0. The Morgan fingerprint density at radius 3 is 2.12 bits per heavy atom. The Balaban J connectivity index is 1.34. The average molecular weight is 907 g/mol. The molecule has 68 heavy (non-hydrogen) atoms. The lowest BCUT2D eigenvalue weighted by atomic mass is 9.65. The van der Waals surface area contributed by atoms with Crippen LogP contribution in [-0.2, 0) is 24.5 Å². The van der Waals surface area contributed by atoms with Gasteiger partial charge in [0.1, 0.15) is 35.7 Å². The zero-order valence-corrected chi connectivity index (χ0v) is 37.6. The van der Waals surface area contributed by atoms with Crippen LogP contribution >= 0.6 is 0 Å². The number of methoxy groups -OCH3 is 1. The van der Waals surface area contributed by atoms with Crippen molar-refractivity contribution in [3.8, 4) is 23.3 Å². The second-order valence-corrected chi connectivity index (χ2v) is 16.9. The highest BCUT2D eigenvalue weighted by Crippen LogP contribution is 2.66. The maximum Gasteiger partial charge on any atom is 0.329 e. The van der Waals surface area contributed by atoms with E-state index in [1.165, 1.54) is 6.08 Å². The van der Waals surface area contributed by atoms with Crippen molar-refractivity contribution < 1.29 is 38.5 Å². The molecule has 12 nitrogen and oxygen atoms in total. The number of carbonyl (C=O) groups is 4. The van der Waals surface area contributed by atoms with Gasteiger partial charge in [-0.25, -0.2) is 9.69 Å². The number of morpholine rings is 1. The van der Waals surface area contributed by atoms with E-state index in [2.05, 4.69) is 29.1 Å². The Morgan fingerprint density at radius 1 is 0.794 bits per heavy atom. The van der Waals surface area contributed by atoms with Gasteiger partial charge in [-0.15, -0.1) is 6.58 Å². The minimum atomic E-state index is -2.01. The average Bonchev–Trinajstić information content (AvgIpc) is 3.84. The quantitative estimate of drug-likeness (QED) is 0.0634. The summed E-state index contributed by atoms with van der Waals surface area (Å²) in [6.45, 7) is 5.42. The van der Waals surface area contributed by atoms with E-state index in [1.807, 2.05) is 133 Å². The minimum absolute atomic E-state index is 0.0151. The number of ether oxygens (including phenoxy) is 3. The Hall–Kier alpha value is -7.98. The lowest BCUT2D eigenvalue weighted by molar-refractivity contribution is -0.178. The second kappa shape index (κ2) is 19.5. The number of esters is 1. The number of carbonyl (C=O) groups excluding carboxylic acids is 4. The van der Waals surface area contributed by atoms with Crippen molar-refractivity contribution in [2.24, 2.45) is 5.92 Å².